The molecule has 1 heterocycles. The van der Waals surface area contributed by atoms with Gasteiger partial charge in [-0.15, -0.1) is 0 Å². The van der Waals surface area contributed by atoms with Crippen molar-refractivity contribution in [3.05, 3.63) is 38.4 Å². The second kappa shape index (κ2) is 5.73. The van der Waals surface area contributed by atoms with Gasteiger partial charge in [0.2, 0.25) is 0 Å². The maximum absolute atomic E-state index is 11.6. The molecule has 9 heteroatoms. The normalized spacial score (nSPS) is 29.9. The lowest BCUT2D eigenvalue weighted by Gasteiger charge is -2.45. The van der Waals surface area contributed by atoms with Crippen LogP contribution in [0.5, 0.6) is 0 Å². The monoisotopic (exact) mass is 360 g/mol. The minimum Gasteiger partial charge on any atom is -0.356 e. The molecule has 0 bridgehead atoms. The lowest BCUT2D eigenvalue weighted by Crippen LogP contribution is -2.55. The summed E-state index contributed by atoms with van der Waals surface area (Å²) in [5, 5.41) is 29.1. The summed E-state index contributed by atoms with van der Waals surface area (Å²) in [4.78, 5) is 21.4. The molecule has 0 N–H and O–H groups in total. The summed E-state index contributed by atoms with van der Waals surface area (Å²) in [6.45, 7) is 0. The Labute approximate surface area is 149 Å². The average Bonchev–Trinajstić information content (AvgIpc) is 3.12. The molecule has 4 rings (SSSR count). The van der Waals surface area contributed by atoms with E-state index in [1.165, 1.54) is 12.1 Å². The highest BCUT2D eigenvalue weighted by atomic mass is 16.6. The zero-order valence-electron chi connectivity index (χ0n) is 14.5. The highest BCUT2D eigenvalue weighted by molar-refractivity contribution is 5.97. The highest BCUT2D eigenvalue weighted by Crippen LogP contribution is 2.61. The molecule has 2 unspecified atom stereocenters. The van der Waals surface area contributed by atoms with Crippen LogP contribution in [0.3, 0.4) is 0 Å². The maximum atomic E-state index is 11.6. The molecule has 0 radical (unpaired) electrons. The third-order valence-corrected chi connectivity index (χ3v) is 6.18. The number of ether oxygens (including phenoxy) is 1. The van der Waals surface area contributed by atoms with Crippen LogP contribution in [0.1, 0.15) is 44.9 Å². The summed E-state index contributed by atoms with van der Waals surface area (Å²) in [5.41, 5.74) is -0.279. The van der Waals surface area contributed by atoms with Crippen LogP contribution < -0.4 is 5.01 Å². The zero-order valence-corrected chi connectivity index (χ0v) is 14.5. The minimum atomic E-state index is -0.746. The number of hydrazone groups is 1. The second-order valence-electron chi connectivity index (χ2n) is 7.18. The van der Waals surface area contributed by atoms with E-state index >= 15 is 0 Å². The van der Waals surface area contributed by atoms with Gasteiger partial charge in [-0.05, 0) is 44.6 Å². The number of non-ortho nitro benzene ring substituents is 1. The standard InChI is InChI=1S/C17H20N4O5/c1-26-17-10-4-9-16(17)8-3-2-5-15(16)18-19(17)13-7-6-12(20(22)23)11-14(13)21(24)25/h6-7,11H,2-5,8-10H2,1H3. The quantitative estimate of drug-likeness (QED) is 0.597. The number of methoxy groups -OCH3 is 1. The van der Waals surface area contributed by atoms with Crippen LogP contribution in [0.25, 0.3) is 0 Å². The van der Waals surface area contributed by atoms with Gasteiger partial charge in [0, 0.05) is 18.9 Å². The number of anilines is 1. The van der Waals surface area contributed by atoms with Crippen LogP contribution in [0.4, 0.5) is 17.1 Å². The first-order valence-corrected chi connectivity index (χ1v) is 8.81. The van der Waals surface area contributed by atoms with Crippen molar-refractivity contribution in [2.75, 3.05) is 12.1 Å². The number of nitro groups is 2. The largest absolute Gasteiger partial charge is 0.356 e. The van der Waals surface area contributed by atoms with E-state index in [9.17, 15) is 20.2 Å². The van der Waals surface area contributed by atoms with Crippen LogP contribution >= 0.6 is 0 Å². The summed E-state index contributed by atoms with van der Waals surface area (Å²) >= 11 is 0. The van der Waals surface area contributed by atoms with Gasteiger partial charge in [0.05, 0.1) is 21.3 Å². The lowest BCUT2D eigenvalue weighted by molar-refractivity contribution is -0.393. The number of hydrogen-bond acceptors (Lipinski definition) is 7. The highest BCUT2D eigenvalue weighted by Gasteiger charge is 2.66. The van der Waals surface area contributed by atoms with Crippen LogP contribution in [-0.4, -0.2) is 28.4 Å². The molecule has 1 aromatic carbocycles. The van der Waals surface area contributed by atoms with Crippen molar-refractivity contribution in [1.82, 2.24) is 0 Å². The van der Waals surface area contributed by atoms with Crippen LogP contribution in [0.15, 0.2) is 23.3 Å². The van der Waals surface area contributed by atoms with E-state index in [0.717, 1.165) is 56.7 Å². The van der Waals surface area contributed by atoms with E-state index < -0.39 is 15.6 Å². The first kappa shape index (κ1) is 16.9. The molecule has 1 spiro atoms. The third-order valence-electron chi connectivity index (χ3n) is 6.18. The summed E-state index contributed by atoms with van der Waals surface area (Å²) in [6.07, 6.45) is 6.60. The summed E-state index contributed by atoms with van der Waals surface area (Å²) in [7, 11) is 1.63. The molecule has 1 aromatic rings. The predicted octanol–water partition coefficient (Wildman–Crippen LogP) is 3.77. The molecule has 9 nitrogen and oxygen atoms in total. The van der Waals surface area contributed by atoms with Crippen molar-refractivity contribution < 1.29 is 14.6 Å². The van der Waals surface area contributed by atoms with Gasteiger partial charge in [-0.25, -0.2) is 5.01 Å². The Hall–Kier alpha value is -2.55. The maximum Gasteiger partial charge on any atom is 0.301 e. The van der Waals surface area contributed by atoms with Crippen molar-refractivity contribution in [3.63, 3.8) is 0 Å². The average molecular weight is 360 g/mol. The number of benzene rings is 1. The molecule has 26 heavy (non-hydrogen) atoms. The molecule has 138 valence electrons. The SMILES string of the molecule is COC12CCCC13CCCCC3=NN2c1ccc([N+](=O)[O-])cc1[N+](=O)[O-]. The predicted molar refractivity (Wildman–Crippen MR) is 94.2 cm³/mol. The Kier molecular flexibility index (Phi) is 3.72. The van der Waals surface area contributed by atoms with E-state index in [1.54, 1.807) is 12.1 Å². The van der Waals surface area contributed by atoms with Gasteiger partial charge in [0.15, 0.2) is 5.72 Å². The van der Waals surface area contributed by atoms with E-state index in [0.29, 0.717) is 0 Å². The first-order valence-electron chi connectivity index (χ1n) is 8.81. The fourth-order valence-corrected chi connectivity index (χ4v) is 5.10. The van der Waals surface area contributed by atoms with Crippen molar-refractivity contribution >= 4 is 22.8 Å². The van der Waals surface area contributed by atoms with Gasteiger partial charge >= 0.3 is 5.69 Å². The molecule has 0 aromatic heterocycles. The molecular formula is C17H20N4O5. The molecule has 2 fully saturated rings. The van der Waals surface area contributed by atoms with Crippen LogP contribution in [0, 0.1) is 25.6 Å². The summed E-state index contributed by atoms with van der Waals surface area (Å²) in [6, 6.07) is 3.71. The number of nitrogens with zero attached hydrogens (tertiary/aromatic N) is 4. The molecule has 0 saturated heterocycles. The van der Waals surface area contributed by atoms with Crippen molar-refractivity contribution in [2.24, 2.45) is 10.5 Å². The van der Waals surface area contributed by atoms with Gasteiger partial charge in [-0.1, -0.05) is 6.42 Å². The Balaban J connectivity index is 1.89. The summed E-state index contributed by atoms with van der Waals surface area (Å²) in [5.74, 6) is 0. The Bertz CT molecular complexity index is 825. The van der Waals surface area contributed by atoms with Gasteiger partial charge in [-0.2, -0.15) is 5.10 Å². The van der Waals surface area contributed by atoms with E-state index in [-0.39, 0.29) is 22.5 Å². The van der Waals surface area contributed by atoms with Crippen LogP contribution in [-0.2, 0) is 4.74 Å². The van der Waals surface area contributed by atoms with Crippen molar-refractivity contribution in [1.29, 1.82) is 0 Å². The topological polar surface area (TPSA) is 111 Å². The van der Waals surface area contributed by atoms with Gasteiger partial charge in [-0.3, -0.25) is 20.2 Å². The number of nitro benzene ring substituents is 2. The van der Waals surface area contributed by atoms with Gasteiger partial charge in [0.25, 0.3) is 5.69 Å². The molecule has 2 atom stereocenters. The smallest absolute Gasteiger partial charge is 0.301 e. The zero-order chi connectivity index (χ0) is 18.5. The van der Waals surface area contributed by atoms with Gasteiger partial charge < -0.3 is 4.74 Å². The molecule has 2 aliphatic carbocycles. The third kappa shape index (κ3) is 2.03. The Morgan fingerprint density at radius 1 is 1.12 bits per heavy atom. The Morgan fingerprint density at radius 3 is 2.58 bits per heavy atom. The first-order chi connectivity index (χ1) is 12.4. The minimum absolute atomic E-state index is 0.213. The molecule has 2 saturated carbocycles. The molecule has 0 amide bonds. The summed E-state index contributed by atoms with van der Waals surface area (Å²) < 4.78 is 6.02. The van der Waals surface area contributed by atoms with E-state index in [1.807, 2.05) is 0 Å². The second-order valence-corrected chi connectivity index (χ2v) is 7.18. The Morgan fingerprint density at radius 2 is 1.88 bits per heavy atom. The fourth-order valence-electron chi connectivity index (χ4n) is 5.10. The van der Waals surface area contributed by atoms with Crippen molar-refractivity contribution in [2.45, 2.75) is 50.7 Å². The van der Waals surface area contributed by atoms with Gasteiger partial charge in [0.1, 0.15) is 5.69 Å². The fraction of sp³-hybridized carbons (Fsp3) is 0.588. The molecular weight excluding hydrogens is 340 g/mol. The number of hydrogen-bond donors (Lipinski definition) is 0. The molecule has 1 aliphatic heterocycles. The number of rotatable bonds is 4. The van der Waals surface area contributed by atoms with Crippen molar-refractivity contribution in [3.8, 4) is 0 Å². The van der Waals surface area contributed by atoms with E-state index in [4.69, 9.17) is 9.84 Å². The lowest BCUT2D eigenvalue weighted by atomic mass is 9.67. The van der Waals surface area contributed by atoms with E-state index in [2.05, 4.69) is 0 Å². The van der Waals surface area contributed by atoms with Crippen LogP contribution in [0.2, 0.25) is 0 Å². The molecule has 3 aliphatic rings.